The normalized spacial score (nSPS) is 15.1. The zero-order chi connectivity index (χ0) is 13.0. The van der Waals surface area contributed by atoms with Crippen molar-refractivity contribution in [1.82, 2.24) is 14.7 Å². The largest absolute Gasteiger partial charge is 0.376 e. The summed E-state index contributed by atoms with van der Waals surface area (Å²) in [6, 6.07) is 0. The average molecular weight is 237 g/mol. The van der Waals surface area contributed by atoms with Gasteiger partial charge in [0, 0.05) is 52.9 Å². The summed E-state index contributed by atoms with van der Waals surface area (Å²) in [6.45, 7) is 9.77. The van der Waals surface area contributed by atoms with Crippen molar-refractivity contribution in [2.75, 3.05) is 40.8 Å². The molecule has 0 saturated heterocycles. The highest BCUT2D eigenvalue weighted by Crippen LogP contribution is 2.31. The maximum Gasteiger partial charge on any atom is 0.0795 e. The van der Waals surface area contributed by atoms with E-state index in [2.05, 4.69) is 62.7 Å². The SMILES string of the molecule is CCN(C)C1=CCC(N(C)CC)=C1N(C)CC. The minimum atomic E-state index is 1.05. The Labute approximate surface area is 106 Å². The van der Waals surface area contributed by atoms with Crippen molar-refractivity contribution in [3.05, 3.63) is 23.2 Å². The van der Waals surface area contributed by atoms with Crippen LogP contribution in [0.3, 0.4) is 0 Å². The summed E-state index contributed by atoms with van der Waals surface area (Å²) >= 11 is 0. The summed E-state index contributed by atoms with van der Waals surface area (Å²) in [6.07, 6.45) is 3.41. The summed E-state index contributed by atoms with van der Waals surface area (Å²) in [7, 11) is 6.53. The standard InChI is InChI=1S/C14H27N3/c1-7-15(4)12-10-11-13(16(5)8-2)14(12)17(6)9-3/h10H,7-9,11H2,1-6H3. The van der Waals surface area contributed by atoms with Crippen molar-refractivity contribution in [3.8, 4) is 0 Å². The van der Waals surface area contributed by atoms with E-state index in [9.17, 15) is 0 Å². The number of nitrogens with zero attached hydrogens (tertiary/aromatic N) is 3. The second kappa shape index (κ2) is 5.99. The van der Waals surface area contributed by atoms with Gasteiger partial charge in [0.1, 0.15) is 0 Å². The van der Waals surface area contributed by atoms with E-state index >= 15 is 0 Å². The van der Waals surface area contributed by atoms with Crippen LogP contribution in [-0.4, -0.2) is 55.5 Å². The molecule has 0 N–H and O–H groups in total. The Kier molecular flexibility index (Phi) is 4.91. The Morgan fingerprint density at radius 2 is 1.41 bits per heavy atom. The molecule has 0 saturated carbocycles. The Morgan fingerprint density at radius 1 is 0.882 bits per heavy atom. The molecule has 1 aliphatic carbocycles. The van der Waals surface area contributed by atoms with Crippen LogP contribution >= 0.6 is 0 Å². The molecular weight excluding hydrogens is 210 g/mol. The molecule has 0 atom stereocenters. The maximum atomic E-state index is 2.36. The third-order valence-corrected chi connectivity index (χ3v) is 3.68. The summed E-state index contributed by atoms with van der Waals surface area (Å²) in [4.78, 5) is 7.04. The van der Waals surface area contributed by atoms with Gasteiger partial charge in [0.2, 0.25) is 0 Å². The van der Waals surface area contributed by atoms with Crippen molar-refractivity contribution in [3.63, 3.8) is 0 Å². The molecule has 1 rings (SSSR count). The number of hydrogen-bond donors (Lipinski definition) is 0. The molecule has 0 aromatic rings. The Morgan fingerprint density at radius 3 is 1.88 bits per heavy atom. The summed E-state index contributed by atoms with van der Waals surface area (Å²) < 4.78 is 0. The van der Waals surface area contributed by atoms with Gasteiger partial charge >= 0.3 is 0 Å². The van der Waals surface area contributed by atoms with Crippen LogP contribution in [0, 0.1) is 0 Å². The topological polar surface area (TPSA) is 9.72 Å². The second-order valence-corrected chi connectivity index (χ2v) is 4.63. The van der Waals surface area contributed by atoms with Gasteiger partial charge in [0.05, 0.1) is 11.4 Å². The molecule has 0 radical (unpaired) electrons. The van der Waals surface area contributed by atoms with E-state index < -0.39 is 0 Å². The first-order valence-electron chi connectivity index (χ1n) is 6.63. The van der Waals surface area contributed by atoms with Crippen LogP contribution < -0.4 is 0 Å². The highest BCUT2D eigenvalue weighted by molar-refractivity contribution is 5.40. The Bertz CT molecular complexity index is 317. The predicted octanol–water partition coefficient (Wildman–Crippen LogP) is 2.34. The molecule has 0 spiro atoms. The van der Waals surface area contributed by atoms with Crippen molar-refractivity contribution in [1.29, 1.82) is 0 Å². The number of rotatable bonds is 6. The maximum absolute atomic E-state index is 2.36. The fourth-order valence-electron chi connectivity index (χ4n) is 2.14. The molecule has 0 heterocycles. The van der Waals surface area contributed by atoms with E-state index in [1.807, 2.05) is 0 Å². The van der Waals surface area contributed by atoms with Gasteiger partial charge < -0.3 is 14.7 Å². The molecule has 0 aromatic heterocycles. The molecule has 3 nitrogen and oxygen atoms in total. The van der Waals surface area contributed by atoms with E-state index in [4.69, 9.17) is 0 Å². The first-order chi connectivity index (χ1) is 8.06. The smallest absolute Gasteiger partial charge is 0.0795 e. The van der Waals surface area contributed by atoms with E-state index in [-0.39, 0.29) is 0 Å². The van der Waals surface area contributed by atoms with Crippen molar-refractivity contribution >= 4 is 0 Å². The summed E-state index contributed by atoms with van der Waals surface area (Å²) in [5.74, 6) is 0. The van der Waals surface area contributed by atoms with E-state index in [0.717, 1.165) is 26.1 Å². The molecular formula is C14H27N3. The lowest BCUT2D eigenvalue weighted by molar-refractivity contribution is 0.357. The third kappa shape index (κ3) is 2.76. The minimum absolute atomic E-state index is 1.05. The molecule has 0 fully saturated rings. The Hall–Kier alpha value is -1.12. The van der Waals surface area contributed by atoms with Gasteiger partial charge in [-0.25, -0.2) is 0 Å². The van der Waals surface area contributed by atoms with Gasteiger partial charge in [0.25, 0.3) is 0 Å². The molecule has 0 aliphatic heterocycles. The van der Waals surface area contributed by atoms with Gasteiger partial charge in [-0.2, -0.15) is 0 Å². The quantitative estimate of drug-likeness (QED) is 0.702. The Balaban J connectivity index is 3.06. The van der Waals surface area contributed by atoms with Gasteiger partial charge in [-0.15, -0.1) is 0 Å². The highest BCUT2D eigenvalue weighted by atomic mass is 15.2. The predicted molar refractivity (Wildman–Crippen MR) is 74.6 cm³/mol. The highest BCUT2D eigenvalue weighted by Gasteiger charge is 2.24. The molecule has 0 amide bonds. The second-order valence-electron chi connectivity index (χ2n) is 4.63. The summed E-state index contributed by atoms with van der Waals surface area (Å²) in [5.41, 5.74) is 4.24. The first kappa shape index (κ1) is 13.9. The molecule has 3 heteroatoms. The zero-order valence-electron chi connectivity index (χ0n) is 12.2. The lowest BCUT2D eigenvalue weighted by atomic mass is 10.2. The zero-order valence-corrected chi connectivity index (χ0v) is 12.2. The summed E-state index contributed by atoms with van der Waals surface area (Å²) in [5, 5.41) is 0. The monoisotopic (exact) mass is 237 g/mol. The van der Waals surface area contributed by atoms with Crippen LogP contribution in [0.4, 0.5) is 0 Å². The lowest BCUT2D eigenvalue weighted by Gasteiger charge is -2.30. The molecule has 0 bridgehead atoms. The van der Waals surface area contributed by atoms with E-state index in [0.29, 0.717) is 0 Å². The van der Waals surface area contributed by atoms with Crippen LogP contribution in [0.5, 0.6) is 0 Å². The molecule has 98 valence electrons. The van der Waals surface area contributed by atoms with Crippen LogP contribution in [0.2, 0.25) is 0 Å². The molecule has 1 aliphatic rings. The van der Waals surface area contributed by atoms with Gasteiger partial charge in [-0.3, -0.25) is 0 Å². The van der Waals surface area contributed by atoms with Gasteiger partial charge in [-0.1, -0.05) is 6.08 Å². The fourth-order valence-corrected chi connectivity index (χ4v) is 2.14. The average Bonchev–Trinajstić information content (AvgIpc) is 2.80. The number of allylic oxidation sites excluding steroid dienone is 1. The first-order valence-corrected chi connectivity index (χ1v) is 6.63. The van der Waals surface area contributed by atoms with Crippen LogP contribution in [-0.2, 0) is 0 Å². The van der Waals surface area contributed by atoms with E-state index in [1.165, 1.54) is 17.1 Å². The molecule has 0 unspecified atom stereocenters. The third-order valence-electron chi connectivity index (χ3n) is 3.68. The van der Waals surface area contributed by atoms with Crippen LogP contribution in [0.15, 0.2) is 23.2 Å². The van der Waals surface area contributed by atoms with Gasteiger partial charge in [0.15, 0.2) is 0 Å². The minimum Gasteiger partial charge on any atom is -0.376 e. The fraction of sp³-hybridized carbons (Fsp3) is 0.714. The van der Waals surface area contributed by atoms with Crippen molar-refractivity contribution in [2.24, 2.45) is 0 Å². The lowest BCUT2D eigenvalue weighted by Crippen LogP contribution is -2.29. The molecule has 17 heavy (non-hydrogen) atoms. The molecule has 0 aromatic carbocycles. The van der Waals surface area contributed by atoms with Crippen molar-refractivity contribution < 1.29 is 0 Å². The van der Waals surface area contributed by atoms with Crippen LogP contribution in [0.25, 0.3) is 0 Å². The van der Waals surface area contributed by atoms with E-state index in [1.54, 1.807) is 0 Å². The van der Waals surface area contributed by atoms with Crippen molar-refractivity contribution in [2.45, 2.75) is 27.2 Å². The number of hydrogen-bond acceptors (Lipinski definition) is 3. The van der Waals surface area contributed by atoms with Crippen LogP contribution in [0.1, 0.15) is 27.2 Å². The van der Waals surface area contributed by atoms with Gasteiger partial charge in [-0.05, 0) is 20.8 Å². The number of likely N-dealkylation sites (N-methyl/N-ethyl adjacent to an activating group) is 2.